The summed E-state index contributed by atoms with van der Waals surface area (Å²) in [6.07, 6.45) is 14.5. The fraction of sp³-hybridized carbons (Fsp3) is 0.645. The summed E-state index contributed by atoms with van der Waals surface area (Å²) in [5, 5.41) is 31.7. The monoisotopic (exact) mass is 509 g/mol. The minimum Gasteiger partial charge on any atom is -0.393 e. The van der Waals surface area contributed by atoms with Gasteiger partial charge in [0.25, 0.3) is 0 Å². The van der Waals surface area contributed by atoms with Crippen LogP contribution in [0.2, 0.25) is 0 Å². The molecule has 0 unspecified atom stereocenters. The van der Waals surface area contributed by atoms with E-state index in [-0.39, 0.29) is 0 Å². The molecule has 3 aliphatic carbocycles. The van der Waals surface area contributed by atoms with Gasteiger partial charge < -0.3 is 15.3 Å². The van der Waals surface area contributed by atoms with E-state index >= 15 is 0 Å². The Kier molecular flexibility index (Phi) is 8.02. The van der Waals surface area contributed by atoms with E-state index in [1.807, 2.05) is 18.2 Å². The molecule has 0 radical (unpaired) electrons. The molecular weight excluding hydrogens is 466 g/mol. The minimum absolute atomic E-state index is 0.360. The van der Waals surface area contributed by atoms with Crippen molar-refractivity contribution >= 4 is 21.6 Å². The number of allylic oxidation sites excluding steroid dienone is 3. The molecule has 7 atom stereocenters. The Labute approximate surface area is 220 Å². The molecule has 0 bridgehead atoms. The van der Waals surface area contributed by atoms with Gasteiger partial charge in [0, 0.05) is 0 Å². The fourth-order valence-electron chi connectivity index (χ4n) is 7.74. The molecule has 3 aliphatic rings. The molecule has 0 amide bonds. The Balaban J connectivity index is 1.18. The van der Waals surface area contributed by atoms with Crippen LogP contribution in [0.25, 0.3) is 10.2 Å². The van der Waals surface area contributed by atoms with Crippen molar-refractivity contribution in [1.82, 2.24) is 4.98 Å². The second kappa shape index (κ2) is 11.1. The zero-order valence-electron chi connectivity index (χ0n) is 21.9. The Morgan fingerprint density at radius 3 is 2.67 bits per heavy atom. The highest BCUT2D eigenvalue weighted by atomic mass is 32.1. The maximum absolute atomic E-state index is 10.8. The number of fused-ring (bicyclic) bond motifs is 2. The van der Waals surface area contributed by atoms with Crippen molar-refractivity contribution in [3.8, 4) is 0 Å². The lowest BCUT2D eigenvalue weighted by Gasteiger charge is -2.44. The van der Waals surface area contributed by atoms with Gasteiger partial charge in [-0.25, -0.2) is 4.98 Å². The van der Waals surface area contributed by atoms with Gasteiger partial charge >= 0.3 is 0 Å². The highest BCUT2D eigenvalue weighted by molar-refractivity contribution is 7.18. The molecule has 36 heavy (non-hydrogen) atoms. The molecule has 0 spiro atoms. The largest absolute Gasteiger partial charge is 0.393 e. The zero-order valence-corrected chi connectivity index (χ0v) is 22.7. The molecule has 4 nitrogen and oxygen atoms in total. The molecule has 3 saturated carbocycles. The number of benzene rings is 1. The number of rotatable bonds is 7. The van der Waals surface area contributed by atoms with Crippen LogP contribution in [0, 0.1) is 23.2 Å². The van der Waals surface area contributed by atoms with Gasteiger partial charge in [-0.05, 0) is 93.1 Å². The first-order valence-corrected chi connectivity index (χ1v) is 14.9. The van der Waals surface area contributed by atoms with Crippen molar-refractivity contribution in [2.45, 2.75) is 103 Å². The maximum atomic E-state index is 10.8. The SMILES string of the molecule is C[C@H](CCC[C@@H](O)c1nc2ccccc2s1)[C@H]1CC[C@H]2/C(=C/C=C3C[C@@H](O)C[C@H](O)C3)CCC[C@]12C. The predicted molar refractivity (Wildman–Crippen MR) is 148 cm³/mol. The van der Waals surface area contributed by atoms with E-state index in [2.05, 4.69) is 37.0 Å². The average Bonchev–Trinajstić information content (AvgIpc) is 3.43. The summed E-state index contributed by atoms with van der Waals surface area (Å²) in [4.78, 5) is 4.65. The molecule has 5 rings (SSSR count). The first-order valence-electron chi connectivity index (χ1n) is 14.1. The third kappa shape index (κ3) is 5.50. The highest BCUT2D eigenvalue weighted by Gasteiger charge is 2.50. The second-order valence-electron chi connectivity index (χ2n) is 12.1. The molecule has 0 aliphatic heterocycles. The summed E-state index contributed by atoms with van der Waals surface area (Å²) in [5.74, 6) is 2.04. The molecule has 196 valence electrons. The number of para-hydroxylation sites is 1. The smallest absolute Gasteiger partial charge is 0.122 e. The normalized spacial score (nSPS) is 33.6. The van der Waals surface area contributed by atoms with Gasteiger partial charge in [-0.1, -0.05) is 62.1 Å². The molecular formula is C31H43NO3S. The van der Waals surface area contributed by atoms with Crippen molar-refractivity contribution in [2.24, 2.45) is 23.2 Å². The Morgan fingerprint density at radius 2 is 1.89 bits per heavy atom. The van der Waals surface area contributed by atoms with E-state index in [4.69, 9.17) is 0 Å². The quantitative estimate of drug-likeness (QED) is 0.372. The number of hydrogen-bond acceptors (Lipinski definition) is 5. The Bertz CT molecular complexity index is 1060. The molecule has 3 N–H and O–H groups in total. The van der Waals surface area contributed by atoms with Gasteiger partial charge in [-0.15, -0.1) is 11.3 Å². The van der Waals surface area contributed by atoms with Crippen LogP contribution in [0.15, 0.2) is 47.6 Å². The van der Waals surface area contributed by atoms with Gasteiger partial charge in [0.2, 0.25) is 0 Å². The van der Waals surface area contributed by atoms with Crippen molar-refractivity contribution in [3.63, 3.8) is 0 Å². The third-order valence-electron chi connectivity index (χ3n) is 9.53. The summed E-state index contributed by atoms with van der Waals surface area (Å²) < 4.78 is 1.15. The molecule has 1 aromatic carbocycles. The van der Waals surface area contributed by atoms with Crippen LogP contribution in [-0.2, 0) is 0 Å². The van der Waals surface area contributed by atoms with Crippen LogP contribution in [0.3, 0.4) is 0 Å². The van der Waals surface area contributed by atoms with Crippen LogP contribution in [0.5, 0.6) is 0 Å². The topological polar surface area (TPSA) is 73.6 Å². The maximum Gasteiger partial charge on any atom is 0.122 e. The Morgan fingerprint density at radius 1 is 1.11 bits per heavy atom. The fourth-order valence-corrected chi connectivity index (χ4v) is 8.72. The standard InChI is InChI=1S/C31H43NO3S/c1-20(7-5-10-28(35)30-32-27-9-3-4-11-29(27)36-30)25-14-15-26-22(8-6-16-31(25,26)2)13-12-21-17-23(33)19-24(34)18-21/h3-4,9,11-13,20,23-26,28,33-35H,5-8,10,14-19H2,1-2H3/b22-13+/t20-,23-,24-,25-,26+,28-,31-/m1/s1. The van der Waals surface area contributed by atoms with Crippen LogP contribution in [-0.4, -0.2) is 32.5 Å². The van der Waals surface area contributed by atoms with Crippen molar-refractivity contribution < 1.29 is 15.3 Å². The third-order valence-corrected chi connectivity index (χ3v) is 10.7. The summed E-state index contributed by atoms with van der Waals surface area (Å²) in [5.41, 5.74) is 4.13. The predicted octanol–water partition coefficient (Wildman–Crippen LogP) is 7.11. The summed E-state index contributed by atoms with van der Waals surface area (Å²) >= 11 is 1.62. The molecule has 0 saturated heterocycles. The van der Waals surface area contributed by atoms with Crippen molar-refractivity contribution in [3.05, 3.63) is 52.6 Å². The van der Waals surface area contributed by atoms with E-state index in [9.17, 15) is 15.3 Å². The van der Waals surface area contributed by atoms with Gasteiger partial charge in [0.05, 0.1) is 22.4 Å². The summed E-state index contributed by atoms with van der Waals surface area (Å²) in [6.45, 7) is 4.98. The molecule has 1 heterocycles. The second-order valence-corrected chi connectivity index (χ2v) is 13.1. The first-order chi connectivity index (χ1) is 17.3. The van der Waals surface area contributed by atoms with Crippen molar-refractivity contribution in [1.29, 1.82) is 0 Å². The number of thiazole rings is 1. The molecule has 3 fully saturated rings. The summed E-state index contributed by atoms with van der Waals surface area (Å²) in [7, 11) is 0. The van der Waals surface area contributed by atoms with Crippen LogP contribution < -0.4 is 0 Å². The molecule has 2 aromatic rings. The number of aliphatic hydroxyl groups excluding tert-OH is 3. The average molecular weight is 510 g/mol. The number of aromatic nitrogens is 1. The number of aliphatic hydroxyl groups is 3. The minimum atomic E-state index is -0.462. The van der Waals surface area contributed by atoms with E-state index in [0.717, 1.165) is 40.4 Å². The van der Waals surface area contributed by atoms with Crippen LogP contribution >= 0.6 is 11.3 Å². The van der Waals surface area contributed by atoms with Gasteiger partial charge in [-0.3, -0.25) is 0 Å². The molecule has 5 heteroatoms. The molecule has 1 aromatic heterocycles. The van der Waals surface area contributed by atoms with E-state index < -0.39 is 18.3 Å². The van der Waals surface area contributed by atoms with Crippen LogP contribution in [0.1, 0.15) is 95.6 Å². The lowest BCUT2D eigenvalue weighted by molar-refractivity contribution is 0.0609. The van der Waals surface area contributed by atoms with Crippen LogP contribution in [0.4, 0.5) is 0 Å². The van der Waals surface area contributed by atoms with E-state index in [1.54, 1.807) is 16.9 Å². The highest BCUT2D eigenvalue weighted by Crippen LogP contribution is 2.60. The van der Waals surface area contributed by atoms with Gasteiger partial charge in [0.1, 0.15) is 11.1 Å². The first kappa shape index (κ1) is 26.1. The number of nitrogens with zero attached hydrogens (tertiary/aromatic N) is 1. The van der Waals surface area contributed by atoms with Gasteiger partial charge in [0.15, 0.2) is 0 Å². The van der Waals surface area contributed by atoms with Gasteiger partial charge in [-0.2, -0.15) is 0 Å². The zero-order chi connectivity index (χ0) is 25.3. The lowest BCUT2D eigenvalue weighted by Crippen LogP contribution is -2.36. The van der Waals surface area contributed by atoms with E-state index in [0.29, 0.717) is 36.5 Å². The van der Waals surface area contributed by atoms with Crippen molar-refractivity contribution in [2.75, 3.05) is 0 Å². The number of hydrogen-bond donors (Lipinski definition) is 3. The Hall–Kier alpha value is -1.53. The van der Waals surface area contributed by atoms with E-state index in [1.165, 1.54) is 37.7 Å². The summed E-state index contributed by atoms with van der Waals surface area (Å²) in [6, 6.07) is 8.13. The lowest BCUT2D eigenvalue weighted by atomic mass is 9.60.